The van der Waals surface area contributed by atoms with E-state index in [1.165, 1.54) is 43.9 Å². The first kappa shape index (κ1) is 40.5. The van der Waals surface area contributed by atoms with E-state index in [0.717, 1.165) is 44.2 Å². The maximum Gasteiger partial charge on any atom is 0.245 e. The van der Waals surface area contributed by atoms with Crippen molar-refractivity contribution in [1.82, 2.24) is 31.5 Å². The van der Waals surface area contributed by atoms with Gasteiger partial charge in [0.1, 0.15) is 12.1 Å². The molecule has 0 aromatic heterocycles. The summed E-state index contributed by atoms with van der Waals surface area (Å²) in [6.45, 7) is 11.5. The number of thioether (sulfide) groups is 1. The summed E-state index contributed by atoms with van der Waals surface area (Å²) in [6.07, 6.45) is 10.5. The smallest absolute Gasteiger partial charge is 0.245 e. The van der Waals surface area contributed by atoms with Crippen LogP contribution in [0.1, 0.15) is 104 Å². The second kappa shape index (κ2) is 18.1. The topological polar surface area (TPSA) is 152 Å². The normalized spacial score (nSPS) is 27.8. The average Bonchev–Trinajstić information content (AvgIpc) is 3.42. The van der Waals surface area contributed by atoms with Gasteiger partial charge in [-0.25, -0.2) is 0 Å². The average molecular weight is 741 g/mol. The molecule has 1 aromatic carbocycles. The van der Waals surface area contributed by atoms with E-state index in [0.29, 0.717) is 30.8 Å². The number of nitrogens with one attached hydrogen (secondary N) is 5. The molecule has 2 aliphatic carbocycles. The first-order valence-electron chi connectivity index (χ1n) is 19.7. The maximum atomic E-state index is 13.7. The van der Waals surface area contributed by atoms with Gasteiger partial charge in [-0.2, -0.15) is 0 Å². The van der Waals surface area contributed by atoms with Crippen molar-refractivity contribution in [1.29, 1.82) is 0 Å². The number of aliphatic hydroxyl groups excluding tert-OH is 1. The van der Waals surface area contributed by atoms with E-state index < -0.39 is 28.3 Å². The molecule has 7 atom stereocenters. The van der Waals surface area contributed by atoms with Crippen LogP contribution in [-0.4, -0.2) is 99.7 Å². The molecule has 1 aromatic rings. The van der Waals surface area contributed by atoms with Gasteiger partial charge in [0, 0.05) is 36.5 Å². The van der Waals surface area contributed by atoms with Crippen LogP contribution in [0.4, 0.5) is 0 Å². The monoisotopic (exact) mass is 740 g/mol. The molecular weight excluding hydrogens is 677 g/mol. The van der Waals surface area contributed by atoms with Gasteiger partial charge in [-0.05, 0) is 83.6 Å². The number of amides is 4. The molecule has 4 fully saturated rings. The van der Waals surface area contributed by atoms with Crippen LogP contribution >= 0.6 is 11.8 Å². The highest BCUT2D eigenvalue weighted by Crippen LogP contribution is 2.40. The Labute approximate surface area is 315 Å². The van der Waals surface area contributed by atoms with E-state index in [1.807, 2.05) is 65.0 Å². The Morgan fingerprint density at radius 2 is 1.62 bits per heavy atom. The zero-order valence-corrected chi connectivity index (χ0v) is 32.9. The molecule has 2 saturated heterocycles. The van der Waals surface area contributed by atoms with Gasteiger partial charge in [0.2, 0.25) is 23.6 Å². The van der Waals surface area contributed by atoms with Crippen LogP contribution in [0, 0.1) is 17.8 Å². The summed E-state index contributed by atoms with van der Waals surface area (Å²) in [5, 5.41) is 26.3. The molecule has 2 saturated carbocycles. The summed E-state index contributed by atoms with van der Waals surface area (Å²) in [5.41, 5.74) is 0.504. The Morgan fingerprint density at radius 1 is 0.942 bits per heavy atom. The molecule has 12 heteroatoms. The van der Waals surface area contributed by atoms with Crippen molar-refractivity contribution in [3.63, 3.8) is 0 Å². The molecular formula is C40H64N6O5S. The molecule has 0 spiro atoms. The van der Waals surface area contributed by atoms with E-state index >= 15 is 0 Å². The first-order valence-corrected chi connectivity index (χ1v) is 20.6. The van der Waals surface area contributed by atoms with E-state index in [-0.39, 0.29) is 48.2 Å². The van der Waals surface area contributed by atoms with Gasteiger partial charge in [-0.3, -0.25) is 29.4 Å². The second-order valence-corrected chi connectivity index (χ2v) is 19.1. The number of hydrogen-bond acceptors (Lipinski definition) is 8. The van der Waals surface area contributed by atoms with Gasteiger partial charge in [-0.15, -0.1) is 11.8 Å². The molecule has 2 aliphatic heterocycles. The fraction of sp³-hybridized carbons (Fsp3) is 0.750. The van der Waals surface area contributed by atoms with Gasteiger partial charge in [-0.1, -0.05) is 68.9 Å². The molecule has 0 bridgehead atoms. The minimum atomic E-state index is -0.883. The fourth-order valence-corrected chi connectivity index (χ4v) is 10.2. The summed E-state index contributed by atoms with van der Waals surface area (Å²) in [5.74, 6) is 0.696. The van der Waals surface area contributed by atoms with E-state index in [9.17, 15) is 24.3 Å². The van der Waals surface area contributed by atoms with E-state index in [4.69, 9.17) is 0 Å². The zero-order valence-electron chi connectivity index (χ0n) is 32.0. The molecule has 4 aliphatic rings. The zero-order chi connectivity index (χ0) is 37.5. The number of carbonyl (C=O) groups excluding carboxylic acids is 4. The second-order valence-electron chi connectivity index (χ2n) is 17.3. The van der Waals surface area contributed by atoms with Crippen molar-refractivity contribution in [3.05, 3.63) is 35.9 Å². The lowest BCUT2D eigenvalue weighted by Gasteiger charge is -2.46. The number of benzene rings is 1. The number of β-amino-alcohol motifs (C(OH)–C–C–N with tert-alkyl or cyclic N) is 1. The standard InChI is InChI=1S/C40H64N6O5S/c1-39(2,3)45-35(49)31-21-28-18-12-13-19-29(28)24-46(31)25-30(47)23-42-37(51)34-40(4,5)52-38(44-34)33(36(50)41-22-27-16-10-7-11-17-27)43-32(48)20-26-14-8-6-9-15-26/h6,8-9,14-15,27-31,33-34,38,44,47H,7,10-13,16-25H2,1-5H3,(H,41,50)(H,42,51)(H,43,48)(H,45,49)/t28-,29+,30?,31-,33+,34-,38+/m0/s1. The number of aliphatic hydroxyl groups is 1. The fourth-order valence-electron chi connectivity index (χ4n) is 8.66. The Morgan fingerprint density at radius 3 is 2.31 bits per heavy atom. The van der Waals surface area contributed by atoms with Gasteiger partial charge in [0.05, 0.1) is 23.9 Å². The molecule has 290 valence electrons. The first-order chi connectivity index (χ1) is 24.7. The Hall–Kier alpha value is -2.67. The van der Waals surface area contributed by atoms with Crippen LogP contribution in [0.5, 0.6) is 0 Å². The van der Waals surface area contributed by atoms with Crippen LogP contribution in [0.3, 0.4) is 0 Å². The van der Waals surface area contributed by atoms with Crippen molar-refractivity contribution >= 4 is 35.4 Å². The lowest BCUT2D eigenvalue weighted by Crippen LogP contribution is -2.60. The Balaban J connectivity index is 1.20. The number of nitrogens with zero attached hydrogens (tertiary/aromatic N) is 1. The number of rotatable bonds is 13. The molecule has 1 unspecified atom stereocenters. The summed E-state index contributed by atoms with van der Waals surface area (Å²) in [7, 11) is 0. The summed E-state index contributed by atoms with van der Waals surface area (Å²) >= 11 is 1.47. The van der Waals surface area contributed by atoms with Crippen molar-refractivity contribution in [2.24, 2.45) is 17.8 Å². The maximum absolute atomic E-state index is 13.7. The number of hydrogen-bond donors (Lipinski definition) is 6. The van der Waals surface area contributed by atoms with Gasteiger partial charge >= 0.3 is 0 Å². The van der Waals surface area contributed by atoms with Gasteiger partial charge < -0.3 is 26.4 Å². The minimum absolute atomic E-state index is 0.000854. The quantitative estimate of drug-likeness (QED) is 0.180. The molecule has 6 N–H and O–H groups in total. The minimum Gasteiger partial charge on any atom is -0.390 e. The largest absolute Gasteiger partial charge is 0.390 e. The van der Waals surface area contributed by atoms with Crippen LogP contribution in [-0.2, 0) is 25.6 Å². The Bertz CT molecular complexity index is 1370. The molecule has 52 heavy (non-hydrogen) atoms. The number of piperidine rings is 1. The summed E-state index contributed by atoms with van der Waals surface area (Å²) < 4.78 is -0.606. The predicted molar refractivity (Wildman–Crippen MR) is 206 cm³/mol. The van der Waals surface area contributed by atoms with E-state index in [1.54, 1.807) is 0 Å². The third-order valence-electron chi connectivity index (χ3n) is 11.4. The number of fused-ring (bicyclic) bond motifs is 1. The Kier molecular flexibility index (Phi) is 14.1. The lowest BCUT2D eigenvalue weighted by atomic mass is 9.72. The van der Waals surface area contributed by atoms with Crippen molar-refractivity contribution in [2.75, 3.05) is 26.2 Å². The third kappa shape index (κ3) is 11.4. The van der Waals surface area contributed by atoms with Crippen LogP contribution in [0.25, 0.3) is 0 Å². The molecule has 2 heterocycles. The highest BCUT2D eigenvalue weighted by molar-refractivity contribution is 8.01. The van der Waals surface area contributed by atoms with Crippen LogP contribution in [0.2, 0.25) is 0 Å². The predicted octanol–water partition coefficient (Wildman–Crippen LogP) is 3.49. The molecule has 4 amide bonds. The third-order valence-corrected chi connectivity index (χ3v) is 12.9. The number of likely N-dealkylation sites (tertiary alicyclic amines) is 1. The van der Waals surface area contributed by atoms with Crippen LogP contribution < -0.4 is 26.6 Å². The van der Waals surface area contributed by atoms with Crippen molar-refractivity contribution in [3.8, 4) is 0 Å². The molecule has 11 nitrogen and oxygen atoms in total. The lowest BCUT2D eigenvalue weighted by molar-refractivity contribution is -0.133. The van der Waals surface area contributed by atoms with E-state index in [2.05, 4.69) is 31.5 Å². The SMILES string of the molecule is CC(C)(C)NC(=O)[C@@H]1C[C@@H]2CCCC[C@@H]2CN1CC(O)CNC(=O)[C@@H]1N[C@@H]([C@H](NC(=O)Cc2ccccc2)C(=O)NCC2CCCCC2)SC1(C)C. The highest BCUT2D eigenvalue weighted by atomic mass is 32.2. The summed E-state index contributed by atoms with van der Waals surface area (Å²) in [4.78, 5) is 56.3. The van der Waals surface area contributed by atoms with Crippen molar-refractivity contribution in [2.45, 2.75) is 145 Å². The van der Waals surface area contributed by atoms with Crippen molar-refractivity contribution < 1.29 is 24.3 Å². The summed E-state index contributed by atoms with van der Waals surface area (Å²) in [6, 6.07) is 7.58. The van der Waals surface area contributed by atoms with Gasteiger partial charge in [0.15, 0.2) is 0 Å². The van der Waals surface area contributed by atoms with Crippen LogP contribution in [0.15, 0.2) is 30.3 Å². The van der Waals surface area contributed by atoms with Gasteiger partial charge in [0.25, 0.3) is 0 Å². The number of carbonyl (C=O) groups is 4. The molecule has 5 rings (SSSR count). The highest BCUT2D eigenvalue weighted by Gasteiger charge is 2.49. The molecule has 0 radical (unpaired) electrons.